The molecule has 6 nitrogen and oxygen atoms in total. The Morgan fingerprint density at radius 1 is 1.12 bits per heavy atom. The van der Waals surface area contributed by atoms with Crippen molar-refractivity contribution in [2.24, 2.45) is 5.10 Å². The van der Waals surface area contributed by atoms with Crippen LogP contribution < -0.4 is 0 Å². The molecular weight excluding hydrogens is 330 g/mol. The Morgan fingerprint density at radius 3 is 2.65 bits per heavy atom. The molecule has 1 aromatic rings. The molecule has 0 aliphatic carbocycles. The van der Waals surface area contributed by atoms with E-state index in [1.807, 2.05) is 35.2 Å². The first-order valence-corrected chi connectivity index (χ1v) is 9.52. The second-order valence-corrected chi connectivity index (χ2v) is 6.93. The van der Waals surface area contributed by atoms with Gasteiger partial charge in [-0.15, -0.1) is 0 Å². The number of nitrogens with zero attached hydrogens (tertiary/aromatic N) is 3. The van der Waals surface area contributed by atoms with Crippen LogP contribution in [-0.2, 0) is 9.59 Å². The molecule has 0 unspecified atom stereocenters. The van der Waals surface area contributed by atoms with Gasteiger partial charge in [-0.2, -0.15) is 5.10 Å². The number of rotatable bonds is 7. The van der Waals surface area contributed by atoms with E-state index in [1.54, 1.807) is 0 Å². The Labute approximate surface area is 154 Å². The van der Waals surface area contributed by atoms with Gasteiger partial charge >= 0.3 is 0 Å². The van der Waals surface area contributed by atoms with E-state index in [9.17, 15) is 9.59 Å². The first-order chi connectivity index (χ1) is 12.7. The third kappa shape index (κ3) is 4.49. The molecule has 2 heterocycles. The van der Waals surface area contributed by atoms with Crippen molar-refractivity contribution in [3.63, 3.8) is 0 Å². The zero-order chi connectivity index (χ0) is 18.4. The van der Waals surface area contributed by atoms with Crippen molar-refractivity contribution in [3.05, 3.63) is 35.9 Å². The van der Waals surface area contributed by atoms with E-state index in [0.29, 0.717) is 6.54 Å². The van der Waals surface area contributed by atoms with Crippen molar-refractivity contribution < 1.29 is 14.7 Å². The summed E-state index contributed by atoms with van der Waals surface area (Å²) in [5.74, 6) is -0.0411. The largest absolute Gasteiger partial charge is 0.396 e. The van der Waals surface area contributed by atoms with Crippen LogP contribution in [0.4, 0.5) is 0 Å². The molecule has 3 rings (SSSR count). The van der Waals surface area contributed by atoms with Gasteiger partial charge in [-0.1, -0.05) is 30.3 Å². The highest BCUT2D eigenvalue weighted by atomic mass is 16.3. The highest BCUT2D eigenvalue weighted by Gasteiger charge is 2.29. The summed E-state index contributed by atoms with van der Waals surface area (Å²) in [6.07, 6.45) is 4.75. The Morgan fingerprint density at radius 2 is 1.88 bits per heavy atom. The fourth-order valence-electron chi connectivity index (χ4n) is 3.75. The molecule has 2 aliphatic rings. The van der Waals surface area contributed by atoms with Crippen LogP contribution in [0.25, 0.3) is 0 Å². The monoisotopic (exact) mass is 357 g/mol. The number of benzene rings is 1. The topological polar surface area (TPSA) is 73.2 Å². The van der Waals surface area contributed by atoms with E-state index < -0.39 is 0 Å². The highest BCUT2D eigenvalue weighted by Crippen LogP contribution is 2.23. The van der Waals surface area contributed by atoms with Gasteiger partial charge in [0.1, 0.15) is 0 Å². The van der Waals surface area contributed by atoms with Crippen molar-refractivity contribution in [1.82, 2.24) is 9.91 Å². The van der Waals surface area contributed by atoms with E-state index in [1.165, 1.54) is 5.01 Å². The van der Waals surface area contributed by atoms with Crippen molar-refractivity contribution in [2.45, 2.75) is 51.0 Å². The van der Waals surface area contributed by atoms with Crippen LogP contribution in [0.5, 0.6) is 0 Å². The molecular formula is C20H27N3O3. The van der Waals surface area contributed by atoms with Crippen LogP contribution in [0, 0.1) is 0 Å². The number of hydrogen-bond acceptors (Lipinski definition) is 4. The van der Waals surface area contributed by atoms with Crippen LogP contribution in [0.1, 0.15) is 50.5 Å². The number of hydrazone groups is 1. The molecule has 0 saturated carbocycles. The fourth-order valence-corrected chi connectivity index (χ4v) is 3.75. The molecule has 2 amide bonds. The minimum absolute atomic E-state index is 0.0465. The van der Waals surface area contributed by atoms with Gasteiger partial charge in [-0.25, -0.2) is 5.01 Å². The molecule has 0 aromatic heterocycles. The number of carbonyl (C=O) groups is 2. The van der Waals surface area contributed by atoms with Crippen molar-refractivity contribution in [3.8, 4) is 0 Å². The Bertz CT molecular complexity index is 660. The molecule has 1 fully saturated rings. The molecule has 2 aliphatic heterocycles. The molecule has 6 heteroatoms. The van der Waals surface area contributed by atoms with E-state index >= 15 is 0 Å². The standard InChI is InChI=1S/C20H27N3O3/c24-15-5-9-17-8-4-13-22(17)19(25)10-11-20(26)23-14-12-18(21-23)16-6-2-1-3-7-16/h1-3,6-7,17,24H,4-5,8-15H2/t17-/m0/s1. The van der Waals surface area contributed by atoms with Gasteiger partial charge in [-0.05, 0) is 31.2 Å². The summed E-state index contributed by atoms with van der Waals surface area (Å²) in [5, 5.41) is 14.9. The maximum Gasteiger partial charge on any atom is 0.243 e. The quantitative estimate of drug-likeness (QED) is 0.813. The number of carbonyl (C=O) groups excluding carboxylic acids is 2. The smallest absolute Gasteiger partial charge is 0.243 e. The third-order valence-electron chi connectivity index (χ3n) is 5.14. The molecule has 0 spiro atoms. The Balaban J connectivity index is 1.49. The molecule has 140 valence electrons. The van der Waals surface area contributed by atoms with Gasteiger partial charge in [0.25, 0.3) is 0 Å². The summed E-state index contributed by atoms with van der Waals surface area (Å²) in [4.78, 5) is 26.8. The summed E-state index contributed by atoms with van der Waals surface area (Å²) in [6.45, 7) is 1.51. The predicted molar refractivity (Wildman–Crippen MR) is 99.6 cm³/mol. The Hall–Kier alpha value is -2.21. The Kier molecular flexibility index (Phi) is 6.39. The third-order valence-corrected chi connectivity index (χ3v) is 5.14. The predicted octanol–water partition coefficient (Wildman–Crippen LogP) is 2.17. The molecule has 1 N–H and O–H groups in total. The second-order valence-electron chi connectivity index (χ2n) is 6.93. The van der Waals surface area contributed by atoms with Crippen molar-refractivity contribution in [2.75, 3.05) is 19.7 Å². The minimum atomic E-state index is -0.0876. The molecule has 1 aromatic carbocycles. The van der Waals surface area contributed by atoms with E-state index in [0.717, 1.165) is 49.9 Å². The molecule has 1 atom stereocenters. The van der Waals surface area contributed by atoms with E-state index in [-0.39, 0.29) is 37.3 Å². The van der Waals surface area contributed by atoms with Crippen LogP contribution in [0.15, 0.2) is 35.4 Å². The number of aliphatic hydroxyl groups excluding tert-OH is 1. The average molecular weight is 357 g/mol. The molecule has 0 bridgehead atoms. The summed E-state index contributed by atoms with van der Waals surface area (Å²) in [5.41, 5.74) is 1.97. The lowest BCUT2D eigenvalue weighted by Gasteiger charge is -2.24. The summed E-state index contributed by atoms with van der Waals surface area (Å²) in [6, 6.07) is 10.1. The van der Waals surface area contributed by atoms with Gasteiger partial charge in [0.2, 0.25) is 11.8 Å². The maximum atomic E-state index is 12.5. The summed E-state index contributed by atoms with van der Waals surface area (Å²) in [7, 11) is 0. The van der Waals surface area contributed by atoms with Crippen LogP contribution in [0.3, 0.4) is 0 Å². The molecule has 1 saturated heterocycles. The SMILES string of the molecule is O=C(CCC(=O)N1CCC[C@H]1CCCO)N1CCC(c2ccccc2)=N1. The van der Waals surface area contributed by atoms with Gasteiger partial charge in [0.05, 0.1) is 12.3 Å². The lowest BCUT2D eigenvalue weighted by molar-refractivity contribution is -0.137. The van der Waals surface area contributed by atoms with Crippen LogP contribution in [-0.4, -0.2) is 58.3 Å². The highest BCUT2D eigenvalue weighted by molar-refractivity contribution is 6.02. The lowest BCUT2D eigenvalue weighted by Crippen LogP contribution is -2.36. The van der Waals surface area contributed by atoms with Gasteiger partial charge in [-0.3, -0.25) is 9.59 Å². The number of likely N-dealkylation sites (tertiary alicyclic amines) is 1. The number of amides is 2. The van der Waals surface area contributed by atoms with Gasteiger partial charge in [0, 0.05) is 38.5 Å². The first-order valence-electron chi connectivity index (χ1n) is 9.52. The first kappa shape index (κ1) is 18.6. The number of hydrogen-bond donors (Lipinski definition) is 1. The van der Waals surface area contributed by atoms with Crippen LogP contribution >= 0.6 is 0 Å². The summed E-state index contributed by atoms with van der Waals surface area (Å²) >= 11 is 0. The number of aliphatic hydroxyl groups is 1. The van der Waals surface area contributed by atoms with Crippen molar-refractivity contribution in [1.29, 1.82) is 0 Å². The second kappa shape index (κ2) is 8.94. The minimum Gasteiger partial charge on any atom is -0.396 e. The average Bonchev–Trinajstić information content (AvgIpc) is 3.34. The van der Waals surface area contributed by atoms with Crippen LogP contribution in [0.2, 0.25) is 0 Å². The molecule has 0 radical (unpaired) electrons. The zero-order valence-electron chi connectivity index (χ0n) is 15.1. The zero-order valence-corrected chi connectivity index (χ0v) is 15.1. The van der Waals surface area contributed by atoms with Gasteiger partial charge in [0.15, 0.2) is 0 Å². The normalized spacial score (nSPS) is 19.7. The van der Waals surface area contributed by atoms with Crippen molar-refractivity contribution >= 4 is 17.5 Å². The van der Waals surface area contributed by atoms with Gasteiger partial charge < -0.3 is 10.0 Å². The van der Waals surface area contributed by atoms with E-state index in [4.69, 9.17) is 5.11 Å². The maximum absolute atomic E-state index is 12.5. The van der Waals surface area contributed by atoms with E-state index in [2.05, 4.69) is 5.10 Å². The lowest BCUT2D eigenvalue weighted by atomic mass is 10.1. The summed E-state index contributed by atoms with van der Waals surface area (Å²) < 4.78 is 0. The molecule has 26 heavy (non-hydrogen) atoms. The fraction of sp³-hybridized carbons (Fsp3) is 0.550.